The number of carbonyl (C=O) groups excluding carboxylic acids is 1. The first kappa shape index (κ1) is 17.7. The zero-order chi connectivity index (χ0) is 19.4. The number of hydrogen-bond acceptors (Lipinski definition) is 3. The van der Waals surface area contributed by atoms with Crippen molar-refractivity contribution in [2.45, 2.75) is 45.4 Å². The Balaban J connectivity index is 1.86. The van der Waals surface area contributed by atoms with E-state index in [2.05, 4.69) is 37.3 Å². The molecule has 2 atom stereocenters. The van der Waals surface area contributed by atoms with E-state index in [0.717, 1.165) is 25.0 Å². The van der Waals surface area contributed by atoms with E-state index in [-0.39, 0.29) is 22.7 Å². The molecule has 0 saturated carbocycles. The minimum absolute atomic E-state index is 0.0311. The molecule has 1 aromatic carbocycles. The van der Waals surface area contributed by atoms with Gasteiger partial charge in [-0.1, -0.05) is 57.2 Å². The lowest BCUT2D eigenvalue weighted by Crippen LogP contribution is -2.51. The second-order valence-electron chi connectivity index (χ2n) is 8.65. The van der Waals surface area contributed by atoms with Crippen LogP contribution in [0.5, 0.6) is 0 Å². The van der Waals surface area contributed by atoms with E-state index in [4.69, 9.17) is 5.10 Å². The van der Waals surface area contributed by atoms with Crippen LogP contribution in [0.1, 0.15) is 49.7 Å². The summed E-state index contributed by atoms with van der Waals surface area (Å²) in [7, 11) is 2.00. The van der Waals surface area contributed by atoms with Gasteiger partial charge in [-0.2, -0.15) is 10.4 Å². The van der Waals surface area contributed by atoms with Crippen molar-refractivity contribution in [2.75, 3.05) is 0 Å². The molecule has 27 heavy (non-hydrogen) atoms. The third-order valence-electron chi connectivity index (χ3n) is 6.67. The molecule has 4 nitrogen and oxygen atoms in total. The van der Waals surface area contributed by atoms with Gasteiger partial charge in [-0.25, -0.2) is 0 Å². The monoisotopic (exact) mass is 359 g/mol. The molecule has 4 heteroatoms. The van der Waals surface area contributed by atoms with Crippen LogP contribution in [0.15, 0.2) is 42.0 Å². The average molecular weight is 359 g/mol. The summed E-state index contributed by atoms with van der Waals surface area (Å²) in [6.07, 6.45) is 4.60. The molecule has 2 aliphatic rings. The van der Waals surface area contributed by atoms with Crippen molar-refractivity contribution in [3.63, 3.8) is 0 Å². The summed E-state index contributed by atoms with van der Waals surface area (Å²) in [5.74, 6) is 0.123. The van der Waals surface area contributed by atoms with Gasteiger partial charge in [0.1, 0.15) is 6.07 Å². The fraction of sp³-hybridized carbons (Fsp3) is 0.435. The summed E-state index contributed by atoms with van der Waals surface area (Å²) in [5, 5.41) is 14.5. The molecule has 138 valence electrons. The quantitative estimate of drug-likeness (QED) is 0.817. The third kappa shape index (κ3) is 2.49. The van der Waals surface area contributed by atoms with E-state index in [9.17, 15) is 10.1 Å². The molecule has 2 aromatic rings. The molecule has 2 unspecified atom stereocenters. The van der Waals surface area contributed by atoms with Crippen LogP contribution in [0.4, 0.5) is 0 Å². The van der Waals surface area contributed by atoms with Crippen LogP contribution >= 0.6 is 0 Å². The molecule has 0 fully saturated rings. The summed E-state index contributed by atoms with van der Waals surface area (Å²) in [6, 6.07) is 12.6. The zero-order valence-corrected chi connectivity index (χ0v) is 16.4. The van der Waals surface area contributed by atoms with E-state index in [1.807, 2.05) is 37.7 Å². The highest BCUT2D eigenvalue weighted by Crippen LogP contribution is 2.54. The van der Waals surface area contributed by atoms with Crippen molar-refractivity contribution in [1.29, 1.82) is 5.26 Å². The third-order valence-corrected chi connectivity index (χ3v) is 6.67. The molecule has 0 saturated heterocycles. The maximum Gasteiger partial charge on any atom is 0.178 e. The predicted octanol–water partition coefficient (Wildman–Crippen LogP) is 3.89. The summed E-state index contributed by atoms with van der Waals surface area (Å²) in [4.78, 5) is 12.8. The lowest BCUT2D eigenvalue weighted by atomic mass is 9.52. The number of nitriles is 1. The molecule has 0 radical (unpaired) electrons. The van der Waals surface area contributed by atoms with Gasteiger partial charge in [0.25, 0.3) is 0 Å². The van der Waals surface area contributed by atoms with E-state index < -0.39 is 5.41 Å². The molecule has 0 aliphatic heterocycles. The van der Waals surface area contributed by atoms with Crippen molar-refractivity contribution in [3.8, 4) is 6.07 Å². The number of aryl methyl sites for hydroxylation is 1. The summed E-state index contributed by atoms with van der Waals surface area (Å²) < 4.78 is 1.99. The van der Waals surface area contributed by atoms with E-state index >= 15 is 0 Å². The SMILES string of the molecule is Cn1nc2c(c1Cc1ccccc1)CCC1C(C)(C)C(=O)C(C#N)=CC21C. The number of carbonyl (C=O) groups is 1. The molecule has 0 amide bonds. The van der Waals surface area contributed by atoms with Gasteiger partial charge in [0.2, 0.25) is 0 Å². The molecule has 1 heterocycles. The highest BCUT2D eigenvalue weighted by molar-refractivity contribution is 6.04. The number of ketones is 1. The maximum absolute atomic E-state index is 12.8. The minimum atomic E-state index is -0.552. The number of aromatic nitrogens is 2. The molecule has 1 aromatic heterocycles. The second-order valence-corrected chi connectivity index (χ2v) is 8.65. The van der Waals surface area contributed by atoms with Crippen molar-refractivity contribution in [1.82, 2.24) is 9.78 Å². The van der Waals surface area contributed by atoms with Gasteiger partial charge in [0.05, 0.1) is 11.3 Å². The fourth-order valence-electron chi connectivity index (χ4n) is 5.30. The zero-order valence-electron chi connectivity index (χ0n) is 16.4. The highest BCUT2D eigenvalue weighted by atomic mass is 16.1. The predicted molar refractivity (Wildman–Crippen MR) is 104 cm³/mol. The number of fused-ring (bicyclic) bond motifs is 3. The number of rotatable bonds is 2. The van der Waals surface area contributed by atoms with E-state index in [1.54, 1.807) is 0 Å². The Bertz CT molecular complexity index is 991. The Hall–Kier alpha value is -2.67. The molecular weight excluding hydrogens is 334 g/mol. The standard InChI is InChI=1S/C23H25N3O/c1-22(2)19-11-10-17-18(12-15-8-6-5-7-9-15)26(4)25-20(17)23(19,3)13-16(14-24)21(22)27/h5-9,13,19H,10-12H2,1-4H3. The van der Waals surface area contributed by atoms with E-state index in [1.165, 1.54) is 16.8 Å². The lowest BCUT2D eigenvalue weighted by Gasteiger charge is -2.49. The van der Waals surface area contributed by atoms with Crippen LogP contribution in [-0.4, -0.2) is 15.6 Å². The number of nitrogens with zero attached hydrogens (tertiary/aromatic N) is 3. The molecular formula is C23H25N3O. The van der Waals surface area contributed by atoms with Crippen molar-refractivity contribution in [2.24, 2.45) is 18.4 Å². The summed E-state index contributed by atoms with van der Waals surface area (Å²) in [6.45, 7) is 6.13. The first-order chi connectivity index (χ1) is 12.8. The number of benzene rings is 1. The van der Waals surface area contributed by atoms with Gasteiger partial charge < -0.3 is 0 Å². The van der Waals surface area contributed by atoms with Gasteiger partial charge >= 0.3 is 0 Å². The summed E-state index contributed by atoms with van der Waals surface area (Å²) in [5.41, 5.74) is 4.17. The Kier molecular flexibility index (Phi) is 3.89. The van der Waals surface area contributed by atoms with Crippen LogP contribution in [0.25, 0.3) is 0 Å². The molecule has 4 rings (SSSR count). The van der Waals surface area contributed by atoms with Crippen LogP contribution < -0.4 is 0 Å². The van der Waals surface area contributed by atoms with Gasteiger partial charge in [-0.05, 0) is 29.9 Å². The van der Waals surface area contributed by atoms with Crippen molar-refractivity contribution < 1.29 is 4.79 Å². The van der Waals surface area contributed by atoms with Gasteiger partial charge in [-0.3, -0.25) is 9.48 Å². The Morgan fingerprint density at radius 3 is 2.63 bits per heavy atom. The van der Waals surface area contributed by atoms with Crippen LogP contribution in [0.3, 0.4) is 0 Å². The summed E-state index contributed by atoms with van der Waals surface area (Å²) >= 11 is 0. The van der Waals surface area contributed by atoms with Crippen LogP contribution in [-0.2, 0) is 30.1 Å². The second kappa shape index (κ2) is 5.92. The highest BCUT2D eigenvalue weighted by Gasteiger charge is 2.55. The first-order valence-corrected chi connectivity index (χ1v) is 9.56. The van der Waals surface area contributed by atoms with Gasteiger partial charge in [0.15, 0.2) is 5.78 Å². The minimum Gasteiger partial charge on any atom is -0.293 e. The van der Waals surface area contributed by atoms with Gasteiger partial charge in [0, 0.05) is 30.0 Å². The lowest BCUT2D eigenvalue weighted by molar-refractivity contribution is -0.128. The fourth-order valence-corrected chi connectivity index (χ4v) is 5.30. The molecule has 2 aliphatic carbocycles. The number of allylic oxidation sites excluding steroid dienone is 2. The van der Waals surface area contributed by atoms with Gasteiger partial charge in [-0.15, -0.1) is 0 Å². The topological polar surface area (TPSA) is 58.7 Å². The number of Topliss-reactive ketones (excluding diaryl/α,β-unsaturated/α-hetero) is 1. The average Bonchev–Trinajstić information content (AvgIpc) is 2.96. The Labute approximate surface area is 160 Å². The van der Waals surface area contributed by atoms with Crippen LogP contribution in [0, 0.1) is 22.7 Å². The number of hydrogen-bond donors (Lipinski definition) is 0. The first-order valence-electron chi connectivity index (χ1n) is 9.56. The molecule has 0 N–H and O–H groups in total. The van der Waals surface area contributed by atoms with Crippen LogP contribution in [0.2, 0.25) is 0 Å². The maximum atomic E-state index is 12.8. The Morgan fingerprint density at radius 2 is 1.96 bits per heavy atom. The molecule has 0 spiro atoms. The van der Waals surface area contributed by atoms with Crippen molar-refractivity contribution in [3.05, 3.63) is 64.5 Å². The largest absolute Gasteiger partial charge is 0.293 e. The van der Waals surface area contributed by atoms with Crippen molar-refractivity contribution >= 4 is 5.78 Å². The smallest absolute Gasteiger partial charge is 0.178 e. The van der Waals surface area contributed by atoms with E-state index in [0.29, 0.717) is 0 Å². The molecule has 0 bridgehead atoms. The Morgan fingerprint density at radius 1 is 1.26 bits per heavy atom. The normalized spacial score (nSPS) is 26.0.